The van der Waals surface area contributed by atoms with Crippen molar-refractivity contribution < 1.29 is 26.5 Å². The molecule has 0 bridgehead atoms. The highest BCUT2D eigenvalue weighted by Crippen LogP contribution is 2.51. The number of hydrogen-bond acceptors (Lipinski definition) is 1. The molecule has 1 N–H and O–H groups in total. The number of carbonyl (C=O) groups is 1. The average molecular weight is 408 g/mol. The summed E-state index contributed by atoms with van der Waals surface area (Å²) in [7, 11) is 0. The van der Waals surface area contributed by atoms with Gasteiger partial charge in [0.15, 0.2) is 5.78 Å². The topological polar surface area (TPSA) is 21.5 Å². The van der Waals surface area contributed by atoms with E-state index in [4.69, 9.17) is 0 Å². The summed E-state index contributed by atoms with van der Waals surface area (Å²) >= 11 is 0. The first-order valence-corrected chi connectivity index (χ1v) is 11.3. The molecule has 1 aromatic rings. The molecule has 2 nitrogen and oxygen atoms in total. The van der Waals surface area contributed by atoms with Crippen molar-refractivity contribution in [3.8, 4) is 0 Å². The molecule has 3 aliphatic rings. The van der Waals surface area contributed by atoms with Crippen molar-refractivity contribution in [3.63, 3.8) is 0 Å². The fourth-order valence-corrected chi connectivity index (χ4v) is 6.20. The van der Waals surface area contributed by atoms with Crippen LogP contribution in [0.15, 0.2) is 24.3 Å². The van der Waals surface area contributed by atoms with Gasteiger partial charge in [-0.2, -0.15) is 0 Å². The normalized spacial score (nSPS) is 32.4. The van der Waals surface area contributed by atoms with Crippen LogP contribution in [0.25, 0.3) is 0 Å². The van der Waals surface area contributed by atoms with Gasteiger partial charge >= 0.3 is 0 Å². The van der Waals surface area contributed by atoms with Gasteiger partial charge in [0.05, 0.1) is 19.6 Å². The lowest BCUT2D eigenvalue weighted by molar-refractivity contribution is -0.908. The molecule has 0 radical (unpaired) electrons. The summed E-state index contributed by atoms with van der Waals surface area (Å²) in [6.45, 7) is 3.69. The number of likely N-dealkylation sites (tertiary alicyclic amines) is 1. The number of benzene rings is 1. The molecular weight excluding hydrogens is 373 g/mol. The molecule has 28 heavy (non-hydrogen) atoms. The lowest BCUT2D eigenvalue weighted by Gasteiger charge is -2.49. The van der Waals surface area contributed by atoms with Crippen LogP contribution in [0, 0.1) is 23.1 Å². The second kappa shape index (κ2) is 9.71. The molecule has 0 amide bonds. The highest BCUT2D eigenvalue weighted by molar-refractivity contribution is 5.95. The summed E-state index contributed by atoms with van der Waals surface area (Å²) in [6, 6.07) is 5.97. The predicted molar refractivity (Wildman–Crippen MR) is 106 cm³/mol. The number of piperidine rings is 1. The van der Waals surface area contributed by atoms with E-state index < -0.39 is 0 Å². The van der Waals surface area contributed by atoms with Crippen LogP contribution in [0.5, 0.6) is 0 Å². The number of nitrogens with one attached hydrogen (secondary N) is 1. The Morgan fingerprint density at radius 1 is 1.00 bits per heavy atom. The third-order valence-corrected chi connectivity index (χ3v) is 7.93. The zero-order valence-corrected chi connectivity index (χ0v) is 17.8. The van der Waals surface area contributed by atoms with Crippen LogP contribution in [0.4, 0.5) is 4.39 Å². The molecular formula is C24H35ClFNO. The molecule has 1 spiro atoms. The minimum atomic E-state index is -0.277. The van der Waals surface area contributed by atoms with Gasteiger partial charge in [-0.25, -0.2) is 4.39 Å². The molecule has 1 aliphatic heterocycles. The molecule has 2 saturated carbocycles. The average Bonchev–Trinajstić information content (AvgIpc) is 2.70. The van der Waals surface area contributed by atoms with Gasteiger partial charge in [-0.05, 0) is 60.8 Å². The molecule has 1 heterocycles. The highest BCUT2D eigenvalue weighted by Gasteiger charge is 2.44. The van der Waals surface area contributed by atoms with Crippen molar-refractivity contribution in [2.45, 2.75) is 70.6 Å². The van der Waals surface area contributed by atoms with E-state index in [-0.39, 0.29) is 24.0 Å². The third-order valence-electron chi connectivity index (χ3n) is 7.93. The Kier molecular flexibility index (Phi) is 7.55. The second-order valence-corrected chi connectivity index (χ2v) is 9.58. The number of rotatable bonds is 5. The van der Waals surface area contributed by atoms with Gasteiger partial charge < -0.3 is 17.3 Å². The largest absolute Gasteiger partial charge is 1.00 e. The number of Topliss-reactive ketones (excluding diaryl/α,β-unsaturated/α-hetero) is 1. The standard InChI is InChI=1S/C24H34FNO.ClH/c25-22-9-7-20(8-10-22)23(27)6-3-15-26-16-13-24(14-17-26)12-11-19-4-1-2-5-21(19)18-24;/h7-10,19,21H,1-6,11-18H2;1H. The van der Waals surface area contributed by atoms with Crippen molar-refractivity contribution in [1.82, 2.24) is 0 Å². The molecule has 156 valence electrons. The van der Waals surface area contributed by atoms with E-state index in [9.17, 15) is 9.18 Å². The summed E-state index contributed by atoms with van der Waals surface area (Å²) in [5.74, 6) is 1.95. The fraction of sp³-hybridized carbons (Fsp3) is 0.708. The smallest absolute Gasteiger partial charge is 0.163 e. The molecule has 3 fully saturated rings. The maximum absolute atomic E-state index is 13.0. The lowest BCUT2D eigenvalue weighted by atomic mass is 9.58. The van der Waals surface area contributed by atoms with Crippen LogP contribution in [0.2, 0.25) is 0 Å². The maximum atomic E-state index is 13.0. The second-order valence-electron chi connectivity index (χ2n) is 9.58. The van der Waals surface area contributed by atoms with Gasteiger partial charge in [0.25, 0.3) is 0 Å². The van der Waals surface area contributed by atoms with Gasteiger partial charge in [-0.15, -0.1) is 0 Å². The highest BCUT2D eigenvalue weighted by atomic mass is 35.5. The van der Waals surface area contributed by atoms with Crippen molar-refractivity contribution in [2.24, 2.45) is 17.3 Å². The van der Waals surface area contributed by atoms with Crippen LogP contribution in [0.3, 0.4) is 0 Å². The quantitative estimate of drug-likeness (QED) is 0.733. The van der Waals surface area contributed by atoms with Gasteiger partial charge in [-0.1, -0.05) is 25.7 Å². The zero-order chi connectivity index (χ0) is 18.7. The SMILES string of the molecule is O=C(CCC[NH+]1CCC2(CCC3CCCCC3C2)CC1)c1ccc(F)cc1.[Cl-]. The number of hydrogen-bond donors (Lipinski definition) is 1. The Labute approximate surface area is 175 Å². The van der Waals surface area contributed by atoms with Gasteiger partial charge in [0.2, 0.25) is 0 Å². The molecule has 2 aliphatic carbocycles. The van der Waals surface area contributed by atoms with Crippen LogP contribution in [-0.2, 0) is 0 Å². The Bertz CT molecular complexity index is 639. The van der Waals surface area contributed by atoms with Gasteiger partial charge in [0, 0.05) is 31.2 Å². The maximum Gasteiger partial charge on any atom is 0.163 e. The Morgan fingerprint density at radius 2 is 1.68 bits per heavy atom. The lowest BCUT2D eigenvalue weighted by Crippen LogP contribution is -3.13. The van der Waals surface area contributed by atoms with Crippen LogP contribution >= 0.6 is 0 Å². The van der Waals surface area contributed by atoms with Crippen molar-refractivity contribution in [3.05, 3.63) is 35.6 Å². The molecule has 1 saturated heterocycles. The van der Waals surface area contributed by atoms with Gasteiger partial charge in [-0.3, -0.25) is 4.79 Å². The van der Waals surface area contributed by atoms with Crippen LogP contribution in [0.1, 0.15) is 81.0 Å². The zero-order valence-electron chi connectivity index (χ0n) is 17.0. The molecule has 4 heteroatoms. The number of fused-ring (bicyclic) bond motifs is 1. The van der Waals surface area contributed by atoms with E-state index in [1.165, 1.54) is 83.0 Å². The Morgan fingerprint density at radius 3 is 2.39 bits per heavy atom. The summed E-state index contributed by atoms with van der Waals surface area (Å²) in [5, 5.41) is 0. The Hall–Kier alpha value is -0.930. The first-order valence-electron chi connectivity index (χ1n) is 11.3. The van der Waals surface area contributed by atoms with E-state index in [2.05, 4.69) is 0 Å². The van der Waals surface area contributed by atoms with E-state index in [1.54, 1.807) is 17.0 Å². The fourth-order valence-electron chi connectivity index (χ4n) is 6.20. The summed E-state index contributed by atoms with van der Waals surface area (Å²) in [4.78, 5) is 13.9. The third kappa shape index (κ3) is 5.16. The first kappa shape index (κ1) is 21.8. The minimum absolute atomic E-state index is 0. The molecule has 0 aromatic heterocycles. The summed E-state index contributed by atoms with van der Waals surface area (Å²) < 4.78 is 13.0. The van der Waals surface area contributed by atoms with Gasteiger partial charge in [0.1, 0.15) is 5.82 Å². The van der Waals surface area contributed by atoms with Crippen molar-refractivity contribution in [1.29, 1.82) is 0 Å². The molecule has 1 aromatic carbocycles. The van der Waals surface area contributed by atoms with Crippen LogP contribution < -0.4 is 17.3 Å². The number of quaternary nitrogens is 1. The molecule has 2 unspecified atom stereocenters. The van der Waals surface area contributed by atoms with Crippen molar-refractivity contribution >= 4 is 5.78 Å². The van der Waals surface area contributed by atoms with E-state index in [0.29, 0.717) is 17.4 Å². The molecule has 4 rings (SSSR count). The predicted octanol–water partition coefficient (Wildman–Crippen LogP) is 1.45. The van der Waals surface area contributed by atoms with Crippen LogP contribution in [-0.4, -0.2) is 25.4 Å². The summed E-state index contributed by atoms with van der Waals surface area (Å²) in [5.41, 5.74) is 1.31. The summed E-state index contributed by atoms with van der Waals surface area (Å²) in [6.07, 6.45) is 14.8. The number of carbonyl (C=O) groups excluding carboxylic acids is 1. The Balaban J connectivity index is 0.00000225. The van der Waals surface area contributed by atoms with E-state index in [1.807, 2.05) is 0 Å². The van der Waals surface area contributed by atoms with E-state index in [0.717, 1.165) is 24.8 Å². The monoisotopic (exact) mass is 407 g/mol. The first-order chi connectivity index (χ1) is 13.1. The molecule has 2 atom stereocenters. The number of ketones is 1. The minimum Gasteiger partial charge on any atom is -1.00 e. The van der Waals surface area contributed by atoms with E-state index >= 15 is 0 Å². The van der Waals surface area contributed by atoms with Crippen molar-refractivity contribution in [2.75, 3.05) is 19.6 Å². The number of halogens is 2.